The lowest BCUT2D eigenvalue weighted by atomic mass is 9.98. The maximum atomic E-state index is 6.43. The smallest absolute Gasteiger partial charge is 0.227 e. The van der Waals surface area contributed by atoms with Crippen molar-refractivity contribution < 1.29 is 13.3 Å². The highest BCUT2D eigenvalue weighted by Gasteiger charge is 2.19. The molecule has 3 aromatic heterocycles. The number of anilines is 3. The molecule has 58 heavy (non-hydrogen) atoms. The number of oxazole rings is 1. The first kappa shape index (κ1) is 32.4. The zero-order chi connectivity index (χ0) is 38.2. The van der Waals surface area contributed by atoms with Crippen LogP contribution in [0.5, 0.6) is 0 Å². The summed E-state index contributed by atoms with van der Waals surface area (Å²) in [4.78, 5) is 7.08. The molecule has 5 nitrogen and oxygen atoms in total. The van der Waals surface area contributed by atoms with Crippen molar-refractivity contribution in [2.24, 2.45) is 0 Å². The Labute approximate surface area is 332 Å². The molecule has 9 aromatic carbocycles. The second kappa shape index (κ2) is 12.8. The van der Waals surface area contributed by atoms with Crippen molar-refractivity contribution in [2.45, 2.75) is 0 Å². The van der Waals surface area contributed by atoms with Gasteiger partial charge in [-0.25, -0.2) is 4.98 Å². The lowest BCUT2D eigenvalue weighted by Crippen LogP contribution is -2.09. The predicted molar refractivity (Wildman–Crippen MR) is 237 cm³/mol. The van der Waals surface area contributed by atoms with E-state index in [0.29, 0.717) is 5.89 Å². The van der Waals surface area contributed by atoms with Crippen molar-refractivity contribution in [1.82, 2.24) is 4.98 Å². The lowest BCUT2D eigenvalue weighted by molar-refractivity contribution is 0.622. The number of rotatable bonds is 6. The van der Waals surface area contributed by atoms with Gasteiger partial charge in [-0.2, -0.15) is 0 Å². The summed E-state index contributed by atoms with van der Waals surface area (Å²) < 4.78 is 19.2. The maximum Gasteiger partial charge on any atom is 0.227 e. The second-order valence-electron chi connectivity index (χ2n) is 14.7. The summed E-state index contributed by atoms with van der Waals surface area (Å²) in [5.41, 5.74) is 13.4. The Hall–Kier alpha value is -7.89. The lowest BCUT2D eigenvalue weighted by Gasteiger charge is -2.26. The summed E-state index contributed by atoms with van der Waals surface area (Å²) in [6, 6.07) is 67.6. The van der Waals surface area contributed by atoms with Crippen LogP contribution < -0.4 is 4.90 Å². The molecule has 0 bridgehead atoms. The fourth-order valence-corrected chi connectivity index (χ4v) is 8.50. The molecule has 0 fully saturated rings. The van der Waals surface area contributed by atoms with E-state index in [-0.39, 0.29) is 0 Å². The summed E-state index contributed by atoms with van der Waals surface area (Å²) in [5.74, 6) is 0.599. The highest BCUT2D eigenvalue weighted by Crippen LogP contribution is 2.42. The summed E-state index contributed by atoms with van der Waals surface area (Å²) in [5, 5.41) is 6.62. The monoisotopic (exact) mass is 744 g/mol. The average Bonchev–Trinajstić information content (AvgIpc) is 4.00. The third kappa shape index (κ3) is 5.21. The van der Waals surface area contributed by atoms with E-state index in [2.05, 4.69) is 144 Å². The van der Waals surface area contributed by atoms with E-state index >= 15 is 0 Å². The fourth-order valence-electron chi connectivity index (χ4n) is 8.50. The fraction of sp³-hybridized carbons (Fsp3) is 0. The standard InChI is InChI=1S/C53H32N2O3/c1-2-10-36(11-3-1)53-54-46-29-30-48-51(52(46)58-53)45-27-21-37(31-49(45)57-48)33-17-22-38(23-18-33)55(40-26-28-44-43-14-6-7-16-47(43)56-50(44)32-40)39-24-19-35(20-25-39)42-15-8-12-34-9-4-5-13-41(34)42/h1-32H. The van der Waals surface area contributed by atoms with E-state index in [1.807, 2.05) is 54.6 Å². The molecule has 3 heterocycles. The molecule has 5 heteroatoms. The summed E-state index contributed by atoms with van der Waals surface area (Å²) in [6.07, 6.45) is 0. The first-order valence-corrected chi connectivity index (χ1v) is 19.4. The molecule has 272 valence electrons. The van der Waals surface area contributed by atoms with Crippen molar-refractivity contribution >= 4 is 82.8 Å². The Morgan fingerprint density at radius 3 is 1.84 bits per heavy atom. The van der Waals surface area contributed by atoms with Gasteiger partial charge in [-0.15, -0.1) is 0 Å². The molecule has 12 aromatic rings. The van der Waals surface area contributed by atoms with Gasteiger partial charge in [0, 0.05) is 44.9 Å². The van der Waals surface area contributed by atoms with Crippen LogP contribution in [0.15, 0.2) is 207 Å². The highest BCUT2D eigenvalue weighted by atomic mass is 16.4. The first-order chi connectivity index (χ1) is 28.7. The van der Waals surface area contributed by atoms with Gasteiger partial charge >= 0.3 is 0 Å². The average molecular weight is 745 g/mol. The quantitative estimate of drug-likeness (QED) is 0.170. The van der Waals surface area contributed by atoms with Crippen molar-refractivity contribution in [3.63, 3.8) is 0 Å². The zero-order valence-electron chi connectivity index (χ0n) is 31.1. The minimum atomic E-state index is 0.599. The normalized spacial score (nSPS) is 11.8. The summed E-state index contributed by atoms with van der Waals surface area (Å²) in [7, 11) is 0. The topological polar surface area (TPSA) is 55.6 Å². The molecule has 0 unspecified atom stereocenters. The van der Waals surface area contributed by atoms with Crippen molar-refractivity contribution in [2.75, 3.05) is 4.90 Å². The molecule has 0 spiro atoms. The van der Waals surface area contributed by atoms with Gasteiger partial charge in [0.05, 0.1) is 5.39 Å². The van der Waals surface area contributed by atoms with Crippen LogP contribution in [0.2, 0.25) is 0 Å². The molecule has 0 atom stereocenters. The Bertz CT molecular complexity index is 3500. The Morgan fingerprint density at radius 1 is 0.362 bits per heavy atom. The number of fused-ring (bicyclic) bond motifs is 9. The van der Waals surface area contributed by atoms with E-state index in [1.165, 1.54) is 21.9 Å². The molecule has 0 aliphatic carbocycles. The molecule has 0 aliphatic rings. The summed E-state index contributed by atoms with van der Waals surface area (Å²) >= 11 is 0. The first-order valence-electron chi connectivity index (χ1n) is 19.4. The number of benzene rings is 9. The number of aromatic nitrogens is 1. The van der Waals surface area contributed by atoms with Crippen LogP contribution in [-0.4, -0.2) is 4.98 Å². The minimum Gasteiger partial charge on any atom is -0.456 e. The Morgan fingerprint density at radius 2 is 1.00 bits per heavy atom. The van der Waals surface area contributed by atoms with Gasteiger partial charge in [-0.05, 0) is 112 Å². The molecule has 0 radical (unpaired) electrons. The predicted octanol–water partition coefficient (Wildman–Crippen LogP) is 15.3. The second-order valence-corrected chi connectivity index (χ2v) is 14.7. The third-order valence-corrected chi connectivity index (χ3v) is 11.3. The van der Waals surface area contributed by atoms with Gasteiger partial charge in [0.2, 0.25) is 5.89 Å². The largest absolute Gasteiger partial charge is 0.456 e. The number of furan rings is 2. The van der Waals surface area contributed by atoms with Crippen LogP contribution in [0.25, 0.3) is 99.5 Å². The minimum absolute atomic E-state index is 0.599. The molecule has 0 N–H and O–H groups in total. The van der Waals surface area contributed by atoms with Crippen LogP contribution in [0.1, 0.15) is 0 Å². The van der Waals surface area contributed by atoms with E-state index < -0.39 is 0 Å². The maximum absolute atomic E-state index is 6.43. The van der Waals surface area contributed by atoms with E-state index in [1.54, 1.807) is 0 Å². The molecule has 0 saturated carbocycles. The molecule has 0 amide bonds. The number of para-hydroxylation sites is 1. The molecule has 0 saturated heterocycles. The molecule has 0 aliphatic heterocycles. The van der Waals surface area contributed by atoms with Gasteiger partial charge in [0.25, 0.3) is 0 Å². The van der Waals surface area contributed by atoms with Crippen molar-refractivity contribution in [1.29, 1.82) is 0 Å². The van der Waals surface area contributed by atoms with Crippen LogP contribution in [0.3, 0.4) is 0 Å². The van der Waals surface area contributed by atoms with Gasteiger partial charge in [0.15, 0.2) is 5.58 Å². The number of hydrogen-bond donors (Lipinski definition) is 0. The third-order valence-electron chi connectivity index (χ3n) is 11.3. The summed E-state index contributed by atoms with van der Waals surface area (Å²) in [6.45, 7) is 0. The molecular weight excluding hydrogens is 713 g/mol. The van der Waals surface area contributed by atoms with Gasteiger partial charge in [-0.3, -0.25) is 0 Å². The van der Waals surface area contributed by atoms with Gasteiger partial charge in [-0.1, -0.05) is 109 Å². The Balaban J connectivity index is 0.932. The molecule has 12 rings (SSSR count). The highest BCUT2D eigenvalue weighted by molar-refractivity contribution is 6.17. The van der Waals surface area contributed by atoms with Crippen LogP contribution in [-0.2, 0) is 0 Å². The van der Waals surface area contributed by atoms with E-state index in [0.717, 1.165) is 88.7 Å². The number of nitrogens with zero attached hydrogens (tertiary/aromatic N) is 2. The van der Waals surface area contributed by atoms with Gasteiger partial charge in [0.1, 0.15) is 27.8 Å². The van der Waals surface area contributed by atoms with E-state index in [9.17, 15) is 0 Å². The number of hydrogen-bond acceptors (Lipinski definition) is 5. The Kier molecular flexibility index (Phi) is 7.16. The van der Waals surface area contributed by atoms with Gasteiger partial charge < -0.3 is 18.2 Å². The van der Waals surface area contributed by atoms with Crippen molar-refractivity contribution in [3.05, 3.63) is 194 Å². The van der Waals surface area contributed by atoms with Crippen LogP contribution in [0.4, 0.5) is 17.1 Å². The van der Waals surface area contributed by atoms with Crippen LogP contribution >= 0.6 is 0 Å². The van der Waals surface area contributed by atoms with Crippen molar-refractivity contribution in [3.8, 4) is 33.7 Å². The van der Waals surface area contributed by atoms with E-state index in [4.69, 9.17) is 18.2 Å². The SMILES string of the molecule is c1ccc(-c2nc3ccc4oc5cc(-c6ccc(N(c7ccc(-c8cccc9ccccc89)cc7)c7ccc8c(c7)oc7ccccc78)cc6)ccc5c4c3o2)cc1. The zero-order valence-corrected chi connectivity index (χ0v) is 31.1. The van der Waals surface area contributed by atoms with Crippen LogP contribution in [0, 0.1) is 0 Å². The molecular formula is C53H32N2O3.